The van der Waals surface area contributed by atoms with Crippen LogP contribution in [0.2, 0.25) is 0 Å². The number of aromatic nitrogens is 2. The largest absolute Gasteiger partial charge is 0.373 e. The van der Waals surface area contributed by atoms with Crippen LogP contribution in [0.1, 0.15) is 62.2 Å². The lowest BCUT2D eigenvalue weighted by Crippen LogP contribution is -2.31. The number of nitrogens with zero attached hydrogens (tertiary/aromatic N) is 5. The number of piperidine rings is 1. The van der Waals surface area contributed by atoms with Gasteiger partial charge in [0.25, 0.3) is 0 Å². The number of carbonyl (C=O) groups is 1. The molecular weight excluding hydrogens is 400 g/mol. The Morgan fingerprint density at radius 1 is 1.12 bits per heavy atom. The summed E-state index contributed by atoms with van der Waals surface area (Å²) in [7, 11) is 3.69. The fourth-order valence-electron chi connectivity index (χ4n) is 4.84. The molecule has 0 bridgehead atoms. The highest BCUT2D eigenvalue weighted by molar-refractivity contribution is 5.72. The van der Waals surface area contributed by atoms with Crippen LogP contribution in [-0.2, 0) is 17.9 Å². The molecule has 0 saturated carbocycles. The molecule has 2 fully saturated rings. The summed E-state index contributed by atoms with van der Waals surface area (Å²) in [6.45, 7) is 6.34. The van der Waals surface area contributed by atoms with Gasteiger partial charge in [-0.25, -0.2) is 9.97 Å². The van der Waals surface area contributed by atoms with Crippen LogP contribution in [0.5, 0.6) is 0 Å². The summed E-state index contributed by atoms with van der Waals surface area (Å²) < 4.78 is 0. The van der Waals surface area contributed by atoms with Gasteiger partial charge in [-0.1, -0.05) is 18.2 Å². The maximum absolute atomic E-state index is 11.7. The van der Waals surface area contributed by atoms with Crippen LogP contribution < -0.4 is 10.2 Å². The lowest BCUT2D eigenvalue weighted by atomic mass is 10.1. The van der Waals surface area contributed by atoms with E-state index < -0.39 is 0 Å². The summed E-state index contributed by atoms with van der Waals surface area (Å²) in [6, 6.07) is 11.0. The van der Waals surface area contributed by atoms with Gasteiger partial charge in [-0.15, -0.1) is 0 Å². The van der Waals surface area contributed by atoms with Gasteiger partial charge in [0, 0.05) is 52.4 Å². The van der Waals surface area contributed by atoms with Crippen molar-refractivity contribution in [2.24, 2.45) is 0 Å². The highest BCUT2D eigenvalue weighted by Crippen LogP contribution is 2.34. The van der Waals surface area contributed by atoms with Gasteiger partial charge in [0.15, 0.2) is 0 Å². The van der Waals surface area contributed by atoms with Crippen molar-refractivity contribution in [1.29, 1.82) is 0 Å². The predicted octanol–water partition coefficient (Wildman–Crippen LogP) is 3.82. The Labute approximate surface area is 191 Å². The molecule has 7 heteroatoms. The van der Waals surface area contributed by atoms with E-state index >= 15 is 0 Å². The monoisotopic (exact) mass is 436 g/mol. The van der Waals surface area contributed by atoms with Crippen molar-refractivity contribution >= 4 is 17.4 Å². The maximum Gasteiger partial charge on any atom is 0.219 e. The number of amides is 1. The molecular formula is C25H36N6O. The van der Waals surface area contributed by atoms with Crippen LogP contribution in [0, 0.1) is 0 Å². The molecule has 2 aliphatic rings. The fourth-order valence-corrected chi connectivity index (χ4v) is 4.84. The smallest absolute Gasteiger partial charge is 0.219 e. The summed E-state index contributed by atoms with van der Waals surface area (Å²) >= 11 is 0. The molecule has 2 saturated heterocycles. The third kappa shape index (κ3) is 5.21. The zero-order valence-corrected chi connectivity index (χ0v) is 19.7. The first kappa shape index (κ1) is 22.5. The zero-order chi connectivity index (χ0) is 22.5. The molecule has 7 nitrogen and oxygen atoms in total. The summed E-state index contributed by atoms with van der Waals surface area (Å²) in [5, 5.41) is 3.17. The minimum atomic E-state index is 0.0352. The fraction of sp³-hybridized carbons (Fsp3) is 0.560. The van der Waals surface area contributed by atoms with Gasteiger partial charge >= 0.3 is 0 Å². The van der Waals surface area contributed by atoms with Crippen LogP contribution in [0.15, 0.2) is 30.3 Å². The Kier molecular flexibility index (Phi) is 7.25. The van der Waals surface area contributed by atoms with E-state index in [2.05, 4.69) is 39.4 Å². The van der Waals surface area contributed by atoms with Crippen molar-refractivity contribution in [2.75, 3.05) is 43.9 Å². The second kappa shape index (κ2) is 10.3. The Bertz CT molecular complexity index is 926. The highest BCUT2D eigenvalue weighted by Gasteiger charge is 2.30. The van der Waals surface area contributed by atoms with Crippen LogP contribution in [0.3, 0.4) is 0 Å². The Balaban J connectivity index is 1.56. The molecule has 0 aliphatic carbocycles. The van der Waals surface area contributed by atoms with Crippen LogP contribution in [0.4, 0.5) is 11.5 Å². The van der Waals surface area contributed by atoms with Crippen LogP contribution in [0.25, 0.3) is 0 Å². The quantitative estimate of drug-likeness (QED) is 0.712. The second-order valence-electron chi connectivity index (χ2n) is 9.03. The summed E-state index contributed by atoms with van der Waals surface area (Å²) in [6.07, 6.45) is 6.10. The molecule has 4 rings (SSSR count). The number of anilines is 2. The number of benzene rings is 1. The molecule has 1 aromatic carbocycles. The number of hydrogen-bond acceptors (Lipinski definition) is 6. The summed E-state index contributed by atoms with van der Waals surface area (Å²) in [5.74, 6) is 1.70. The van der Waals surface area contributed by atoms with Crippen molar-refractivity contribution in [3.8, 4) is 0 Å². The van der Waals surface area contributed by atoms with E-state index in [-0.39, 0.29) is 11.9 Å². The number of para-hydroxylation sites is 1. The number of likely N-dealkylation sites (tertiary alicyclic amines) is 1. The molecule has 1 aromatic heterocycles. The molecule has 3 heterocycles. The molecule has 1 atom stereocenters. The normalized spacial score (nSPS) is 19.2. The lowest BCUT2D eigenvalue weighted by Gasteiger charge is -2.32. The van der Waals surface area contributed by atoms with Gasteiger partial charge in [0.1, 0.15) is 11.6 Å². The molecule has 1 N–H and O–H groups in total. The number of nitrogens with one attached hydrogen (secondary N) is 1. The molecule has 1 amide bonds. The Morgan fingerprint density at radius 2 is 1.91 bits per heavy atom. The standard InChI is InChI=1S/C25H36N6O/c1-19(32)29(3)18-21-16-24(26-2)28-25(27-21)23-12-9-15-31(23)17-20-10-5-6-11-22(20)30-13-7-4-8-14-30/h5-6,10-11,16,23H,4,7-9,12-15,17-18H2,1-3H3,(H,26,27,28)/t23-/m0/s1. The molecule has 0 unspecified atom stereocenters. The Morgan fingerprint density at radius 3 is 2.66 bits per heavy atom. The molecule has 0 radical (unpaired) electrons. The SMILES string of the molecule is CNc1cc(CN(C)C(C)=O)nc([C@@H]2CCCN2Cc2ccccc2N2CCCCC2)n1. The van der Waals surface area contributed by atoms with Crippen molar-refractivity contribution in [3.05, 3.63) is 47.4 Å². The van der Waals surface area contributed by atoms with E-state index in [9.17, 15) is 4.79 Å². The maximum atomic E-state index is 11.7. The van der Waals surface area contributed by atoms with Gasteiger partial charge in [-0.05, 0) is 50.3 Å². The minimum Gasteiger partial charge on any atom is -0.373 e. The number of carbonyl (C=O) groups excluding carboxylic acids is 1. The van der Waals surface area contributed by atoms with E-state index in [1.807, 2.05) is 20.2 Å². The Hall–Kier alpha value is -2.67. The second-order valence-corrected chi connectivity index (χ2v) is 9.03. The predicted molar refractivity (Wildman–Crippen MR) is 129 cm³/mol. The molecule has 32 heavy (non-hydrogen) atoms. The van der Waals surface area contributed by atoms with E-state index in [0.29, 0.717) is 6.54 Å². The van der Waals surface area contributed by atoms with Gasteiger partial charge in [-0.3, -0.25) is 9.69 Å². The first-order valence-electron chi connectivity index (χ1n) is 11.9. The van der Waals surface area contributed by atoms with E-state index in [1.165, 1.54) is 30.5 Å². The third-order valence-electron chi connectivity index (χ3n) is 6.71. The lowest BCUT2D eigenvalue weighted by molar-refractivity contribution is -0.128. The first-order chi connectivity index (χ1) is 15.5. The van der Waals surface area contributed by atoms with Crippen molar-refractivity contribution < 1.29 is 4.79 Å². The average molecular weight is 437 g/mol. The third-order valence-corrected chi connectivity index (χ3v) is 6.71. The van der Waals surface area contributed by atoms with Crippen molar-refractivity contribution in [3.63, 3.8) is 0 Å². The molecule has 2 aromatic rings. The summed E-state index contributed by atoms with van der Waals surface area (Å²) in [4.78, 5) is 28.2. The summed E-state index contributed by atoms with van der Waals surface area (Å²) in [5.41, 5.74) is 3.65. The number of hydrogen-bond donors (Lipinski definition) is 1. The number of rotatable bonds is 7. The van der Waals surface area contributed by atoms with E-state index in [1.54, 1.807) is 11.8 Å². The highest BCUT2D eigenvalue weighted by atomic mass is 16.2. The van der Waals surface area contributed by atoms with E-state index in [4.69, 9.17) is 9.97 Å². The topological polar surface area (TPSA) is 64.6 Å². The van der Waals surface area contributed by atoms with Crippen molar-refractivity contribution in [1.82, 2.24) is 19.8 Å². The van der Waals surface area contributed by atoms with Gasteiger partial charge in [0.05, 0.1) is 18.3 Å². The molecule has 0 spiro atoms. The van der Waals surface area contributed by atoms with E-state index in [0.717, 1.165) is 56.4 Å². The molecule has 172 valence electrons. The zero-order valence-electron chi connectivity index (χ0n) is 19.7. The average Bonchev–Trinajstić information content (AvgIpc) is 3.28. The minimum absolute atomic E-state index is 0.0352. The first-order valence-corrected chi connectivity index (χ1v) is 11.9. The molecule has 2 aliphatic heterocycles. The van der Waals surface area contributed by atoms with Crippen molar-refractivity contribution in [2.45, 2.75) is 58.2 Å². The van der Waals surface area contributed by atoms with Gasteiger partial charge in [0.2, 0.25) is 5.91 Å². The van der Waals surface area contributed by atoms with Gasteiger partial charge < -0.3 is 15.1 Å². The van der Waals surface area contributed by atoms with Crippen LogP contribution >= 0.6 is 0 Å². The van der Waals surface area contributed by atoms with Gasteiger partial charge in [-0.2, -0.15) is 0 Å². The van der Waals surface area contributed by atoms with Crippen LogP contribution in [-0.4, -0.2) is 59.4 Å².